The highest BCUT2D eigenvalue weighted by molar-refractivity contribution is 6.31. The zero-order chi connectivity index (χ0) is 20.0. The molecule has 1 atom stereocenters. The maximum Gasteiger partial charge on any atom is 0.143 e. The molecule has 0 saturated heterocycles. The molecule has 6 nitrogen and oxygen atoms in total. The van der Waals surface area contributed by atoms with Crippen molar-refractivity contribution in [2.45, 2.75) is 12.6 Å². The molecule has 144 valence electrons. The zero-order valence-electron chi connectivity index (χ0n) is 15.6. The van der Waals surface area contributed by atoms with Crippen LogP contribution in [0.4, 0.5) is 0 Å². The van der Waals surface area contributed by atoms with E-state index < -0.39 is 0 Å². The van der Waals surface area contributed by atoms with E-state index in [2.05, 4.69) is 15.6 Å². The third-order valence-corrected chi connectivity index (χ3v) is 5.53. The Hall–Kier alpha value is -3.27. The van der Waals surface area contributed by atoms with Gasteiger partial charge in [-0.15, -0.1) is 0 Å². The quantitative estimate of drug-likeness (QED) is 0.537. The van der Waals surface area contributed by atoms with E-state index >= 15 is 0 Å². The second-order valence-corrected chi connectivity index (χ2v) is 7.29. The molecule has 5 rings (SSSR count). The highest BCUT2D eigenvalue weighted by Gasteiger charge is 2.27. The van der Waals surface area contributed by atoms with E-state index in [4.69, 9.17) is 26.1 Å². The molecule has 1 unspecified atom stereocenters. The SMILES string of the molecule is COc1cc2[nH]c(-c3cn4c(n3)C(c3ccccc3Cl)OCC4)cc2cc1C#N. The number of rotatable bonds is 3. The van der Waals surface area contributed by atoms with Crippen molar-refractivity contribution in [2.75, 3.05) is 13.7 Å². The Balaban J connectivity index is 1.59. The van der Waals surface area contributed by atoms with Gasteiger partial charge < -0.3 is 19.0 Å². The van der Waals surface area contributed by atoms with Crippen LogP contribution in [0, 0.1) is 11.3 Å². The van der Waals surface area contributed by atoms with Gasteiger partial charge in [0.05, 0.1) is 25.0 Å². The molecule has 0 amide bonds. The number of nitriles is 1. The Bertz CT molecular complexity index is 1270. The van der Waals surface area contributed by atoms with E-state index in [-0.39, 0.29) is 6.10 Å². The third-order valence-electron chi connectivity index (χ3n) is 5.18. The van der Waals surface area contributed by atoms with Gasteiger partial charge >= 0.3 is 0 Å². The molecular weight excluding hydrogens is 388 g/mol. The number of nitrogens with one attached hydrogen (secondary N) is 1. The molecule has 0 bridgehead atoms. The summed E-state index contributed by atoms with van der Waals surface area (Å²) < 4.78 is 13.4. The van der Waals surface area contributed by atoms with Crippen molar-refractivity contribution in [3.05, 3.63) is 70.6 Å². The Labute approximate surface area is 172 Å². The summed E-state index contributed by atoms with van der Waals surface area (Å²) in [5, 5.41) is 10.9. The molecule has 1 aliphatic heterocycles. The summed E-state index contributed by atoms with van der Waals surface area (Å²) in [4.78, 5) is 8.23. The van der Waals surface area contributed by atoms with Crippen molar-refractivity contribution in [2.24, 2.45) is 0 Å². The fourth-order valence-corrected chi connectivity index (χ4v) is 4.00. The van der Waals surface area contributed by atoms with Crippen molar-refractivity contribution in [3.8, 4) is 23.2 Å². The van der Waals surface area contributed by atoms with Gasteiger partial charge in [-0.25, -0.2) is 4.98 Å². The second kappa shape index (κ2) is 6.96. The molecule has 0 aliphatic carbocycles. The molecule has 29 heavy (non-hydrogen) atoms. The fourth-order valence-electron chi connectivity index (χ4n) is 3.76. The van der Waals surface area contributed by atoms with Gasteiger partial charge in [0, 0.05) is 40.3 Å². The topological polar surface area (TPSA) is 75.9 Å². The number of halogens is 1. The molecule has 1 aliphatic rings. The molecular formula is C22H17ClN4O2. The minimum atomic E-state index is -0.305. The Morgan fingerprint density at radius 2 is 2.17 bits per heavy atom. The summed E-state index contributed by atoms with van der Waals surface area (Å²) in [5.74, 6) is 1.37. The molecule has 2 aromatic carbocycles. The van der Waals surface area contributed by atoms with Gasteiger partial charge in [0.1, 0.15) is 29.4 Å². The van der Waals surface area contributed by atoms with Crippen molar-refractivity contribution >= 4 is 22.5 Å². The number of H-pyrrole nitrogens is 1. The lowest BCUT2D eigenvalue weighted by Gasteiger charge is -2.24. The van der Waals surface area contributed by atoms with E-state index in [1.165, 1.54) is 0 Å². The van der Waals surface area contributed by atoms with Crippen molar-refractivity contribution in [1.29, 1.82) is 5.26 Å². The first-order chi connectivity index (χ1) is 14.2. The number of imidazole rings is 1. The summed E-state index contributed by atoms with van der Waals surface area (Å²) in [6, 6.07) is 15.5. The maximum atomic E-state index is 9.32. The van der Waals surface area contributed by atoms with E-state index in [9.17, 15) is 5.26 Å². The molecule has 0 spiro atoms. The standard InChI is InChI=1S/C22H17ClN4O2/c1-28-20-10-17-13(8-14(20)11-24)9-18(25-17)19-12-27-6-7-29-21(22(27)26-19)15-4-2-3-5-16(15)23/h2-5,8-10,12,21,25H,6-7H2,1H3. The van der Waals surface area contributed by atoms with Gasteiger partial charge in [0.2, 0.25) is 0 Å². The van der Waals surface area contributed by atoms with Crippen LogP contribution in [0.1, 0.15) is 23.1 Å². The van der Waals surface area contributed by atoms with Crippen molar-refractivity contribution in [3.63, 3.8) is 0 Å². The van der Waals surface area contributed by atoms with Crippen LogP contribution in [-0.4, -0.2) is 28.3 Å². The normalized spacial score (nSPS) is 15.8. The first-order valence-electron chi connectivity index (χ1n) is 9.22. The second-order valence-electron chi connectivity index (χ2n) is 6.88. The lowest BCUT2D eigenvalue weighted by atomic mass is 10.1. The number of ether oxygens (including phenoxy) is 2. The highest BCUT2D eigenvalue weighted by Crippen LogP contribution is 2.35. The monoisotopic (exact) mass is 404 g/mol. The molecule has 2 aromatic heterocycles. The molecule has 3 heterocycles. The zero-order valence-corrected chi connectivity index (χ0v) is 16.4. The first kappa shape index (κ1) is 17.8. The molecule has 1 N–H and O–H groups in total. The van der Waals surface area contributed by atoms with E-state index in [0.29, 0.717) is 22.9 Å². The highest BCUT2D eigenvalue weighted by atomic mass is 35.5. The van der Waals surface area contributed by atoms with Crippen LogP contribution in [0.2, 0.25) is 5.02 Å². The minimum Gasteiger partial charge on any atom is -0.495 e. The van der Waals surface area contributed by atoms with Gasteiger partial charge in [-0.2, -0.15) is 5.26 Å². The molecule has 0 fully saturated rings. The number of benzene rings is 2. The van der Waals surface area contributed by atoms with Gasteiger partial charge in [-0.05, 0) is 18.2 Å². The van der Waals surface area contributed by atoms with Gasteiger partial charge in [-0.3, -0.25) is 0 Å². The van der Waals surface area contributed by atoms with Crippen LogP contribution in [0.5, 0.6) is 5.75 Å². The van der Waals surface area contributed by atoms with Crippen LogP contribution in [0.3, 0.4) is 0 Å². The average molecular weight is 405 g/mol. The Morgan fingerprint density at radius 3 is 2.97 bits per heavy atom. The summed E-state index contributed by atoms with van der Waals surface area (Å²) >= 11 is 6.40. The van der Waals surface area contributed by atoms with Crippen LogP contribution in [0.15, 0.2) is 48.7 Å². The number of hydrogen-bond donors (Lipinski definition) is 1. The molecule has 0 radical (unpaired) electrons. The molecule has 7 heteroatoms. The summed E-state index contributed by atoms with van der Waals surface area (Å²) in [6.07, 6.45) is 1.72. The number of nitrogens with zero attached hydrogens (tertiary/aromatic N) is 3. The predicted molar refractivity (Wildman–Crippen MR) is 110 cm³/mol. The Kier molecular flexibility index (Phi) is 4.27. The number of methoxy groups -OCH3 is 1. The number of aromatic nitrogens is 3. The predicted octanol–water partition coefficient (Wildman–Crippen LogP) is 4.68. The van der Waals surface area contributed by atoms with Gasteiger partial charge in [0.15, 0.2) is 0 Å². The van der Waals surface area contributed by atoms with Crippen molar-refractivity contribution < 1.29 is 9.47 Å². The van der Waals surface area contributed by atoms with Crippen LogP contribution >= 0.6 is 11.6 Å². The summed E-state index contributed by atoms with van der Waals surface area (Å²) in [6.45, 7) is 1.32. The van der Waals surface area contributed by atoms with Crippen LogP contribution in [0.25, 0.3) is 22.3 Å². The maximum absolute atomic E-state index is 9.32. The minimum absolute atomic E-state index is 0.305. The fraction of sp³-hybridized carbons (Fsp3) is 0.182. The molecule has 4 aromatic rings. The summed E-state index contributed by atoms with van der Waals surface area (Å²) in [7, 11) is 1.56. The van der Waals surface area contributed by atoms with E-state index in [0.717, 1.165) is 40.2 Å². The lowest BCUT2D eigenvalue weighted by Crippen LogP contribution is -2.22. The smallest absolute Gasteiger partial charge is 0.143 e. The van der Waals surface area contributed by atoms with Crippen LogP contribution < -0.4 is 4.74 Å². The molecule has 0 saturated carbocycles. The Morgan fingerprint density at radius 1 is 1.31 bits per heavy atom. The number of fused-ring (bicyclic) bond motifs is 2. The first-order valence-corrected chi connectivity index (χ1v) is 9.60. The van der Waals surface area contributed by atoms with Gasteiger partial charge in [0.25, 0.3) is 0 Å². The average Bonchev–Trinajstić information content (AvgIpc) is 3.36. The van der Waals surface area contributed by atoms with Crippen molar-refractivity contribution in [1.82, 2.24) is 14.5 Å². The third kappa shape index (κ3) is 2.96. The number of aromatic amines is 1. The largest absolute Gasteiger partial charge is 0.495 e. The lowest BCUT2D eigenvalue weighted by molar-refractivity contribution is 0.0430. The van der Waals surface area contributed by atoms with E-state index in [1.54, 1.807) is 7.11 Å². The van der Waals surface area contributed by atoms with Gasteiger partial charge in [-0.1, -0.05) is 29.8 Å². The van der Waals surface area contributed by atoms with E-state index in [1.807, 2.05) is 48.7 Å². The summed E-state index contributed by atoms with van der Waals surface area (Å²) in [5.41, 5.74) is 3.99. The van der Waals surface area contributed by atoms with Crippen LogP contribution in [-0.2, 0) is 11.3 Å². The number of hydrogen-bond acceptors (Lipinski definition) is 4.